The highest BCUT2D eigenvalue weighted by Crippen LogP contribution is 2.02. The van der Waals surface area contributed by atoms with E-state index in [0.717, 1.165) is 24.2 Å². The van der Waals surface area contributed by atoms with Crippen LogP contribution in [0.4, 0.5) is 0 Å². The minimum absolute atomic E-state index is 0.914. The molecule has 0 unspecified atom stereocenters. The summed E-state index contributed by atoms with van der Waals surface area (Å²) < 4.78 is 4.50. The number of nitrogens with zero attached hydrogens (tertiary/aromatic N) is 2. The van der Waals surface area contributed by atoms with E-state index in [9.17, 15) is 0 Å². The van der Waals surface area contributed by atoms with E-state index in [2.05, 4.69) is 21.9 Å². The maximum Gasteiger partial charge on any atom is 0.108 e. The van der Waals surface area contributed by atoms with Gasteiger partial charge < -0.3 is 0 Å². The van der Waals surface area contributed by atoms with Gasteiger partial charge in [0.15, 0.2) is 0 Å². The van der Waals surface area contributed by atoms with Crippen molar-refractivity contribution >= 4 is 0 Å². The highest BCUT2D eigenvalue weighted by molar-refractivity contribution is 5.03. The number of hydrogen-bond donors (Lipinski definition) is 0. The van der Waals surface area contributed by atoms with Crippen LogP contribution in [0, 0.1) is 6.92 Å². The first-order chi connectivity index (χ1) is 6.34. The highest BCUT2D eigenvalue weighted by Gasteiger charge is 2.00. The zero-order chi connectivity index (χ0) is 10.7. The van der Waals surface area contributed by atoms with E-state index in [1.54, 1.807) is 0 Å². The van der Waals surface area contributed by atoms with Gasteiger partial charge >= 0.3 is 0 Å². The second kappa shape index (κ2) is 11.1. The van der Waals surface area contributed by atoms with Crippen LogP contribution >= 0.6 is 0 Å². The molecule has 0 bridgehead atoms. The molecule has 0 saturated heterocycles. The Hall–Kier alpha value is -0.860. The summed E-state index contributed by atoms with van der Waals surface area (Å²) in [6.07, 6.45) is 2.06. The van der Waals surface area contributed by atoms with Crippen LogP contribution < -0.4 is 0 Å². The summed E-state index contributed by atoms with van der Waals surface area (Å²) in [6.45, 7) is 12.0. The Morgan fingerprint density at radius 1 is 1.08 bits per heavy atom. The molecule has 3 heteroatoms. The third-order valence-corrected chi connectivity index (χ3v) is 1.23. The van der Waals surface area contributed by atoms with Crippen LogP contribution in [0.1, 0.15) is 52.4 Å². The normalized spacial score (nSPS) is 7.85. The molecule has 0 radical (unpaired) electrons. The molecule has 0 aromatic carbocycles. The second-order valence-electron chi connectivity index (χ2n) is 2.05. The molecule has 78 valence electrons. The minimum Gasteiger partial charge on any atom is -0.244 e. The molecule has 13 heavy (non-hydrogen) atoms. The number of rotatable bonds is 2. The van der Waals surface area contributed by atoms with E-state index < -0.39 is 0 Å². The largest absolute Gasteiger partial charge is 0.244 e. The van der Waals surface area contributed by atoms with Crippen molar-refractivity contribution in [3.05, 3.63) is 11.4 Å². The number of aromatic nitrogens is 2. The monoisotopic (exact) mass is 186 g/mol. The molecule has 1 aromatic rings. The Labute approximate surface area is 81.5 Å². The molecular weight excluding hydrogens is 164 g/mol. The van der Waals surface area contributed by atoms with E-state index in [-0.39, 0.29) is 0 Å². The third kappa shape index (κ3) is 6.31. The van der Waals surface area contributed by atoms with Crippen LogP contribution in [0.5, 0.6) is 0 Å². The molecule has 0 aliphatic carbocycles. The zero-order valence-corrected chi connectivity index (χ0v) is 9.72. The van der Waals surface area contributed by atoms with Gasteiger partial charge in [-0.05, 0) is 13.3 Å². The van der Waals surface area contributed by atoms with Crippen LogP contribution in [-0.2, 0) is 6.42 Å². The van der Waals surface area contributed by atoms with E-state index >= 15 is 0 Å². The summed E-state index contributed by atoms with van der Waals surface area (Å²) >= 11 is 0. The predicted molar refractivity (Wildman–Crippen MR) is 55.7 cm³/mol. The van der Waals surface area contributed by atoms with Crippen LogP contribution in [0.3, 0.4) is 0 Å². The lowest BCUT2D eigenvalue weighted by molar-refractivity contribution is 0.301. The van der Waals surface area contributed by atoms with Gasteiger partial charge in [-0.1, -0.05) is 51.4 Å². The molecule has 0 amide bonds. The molecule has 0 atom stereocenters. The Bertz CT molecular complexity index is 185. The SMILES string of the molecule is CC.CC.CCCc1nonc1C. The molecule has 0 aliphatic rings. The average molecular weight is 186 g/mol. The third-order valence-electron chi connectivity index (χ3n) is 1.23. The summed E-state index contributed by atoms with van der Waals surface area (Å²) in [5.41, 5.74) is 1.90. The van der Waals surface area contributed by atoms with Crippen LogP contribution in [0.25, 0.3) is 0 Å². The summed E-state index contributed by atoms with van der Waals surface area (Å²) in [6, 6.07) is 0. The van der Waals surface area contributed by atoms with Crippen molar-refractivity contribution in [1.29, 1.82) is 0 Å². The van der Waals surface area contributed by atoms with E-state index in [1.165, 1.54) is 0 Å². The number of hydrogen-bond acceptors (Lipinski definition) is 3. The molecule has 3 nitrogen and oxygen atoms in total. The van der Waals surface area contributed by atoms with Crippen LogP contribution in [0.2, 0.25) is 0 Å². The van der Waals surface area contributed by atoms with E-state index in [0.29, 0.717) is 0 Å². The predicted octanol–water partition coefficient (Wildman–Crippen LogP) is 3.38. The minimum atomic E-state index is 0.914. The zero-order valence-electron chi connectivity index (χ0n) is 9.72. The molecule has 1 rings (SSSR count). The summed E-state index contributed by atoms with van der Waals surface area (Å²) in [5, 5.41) is 7.37. The van der Waals surface area contributed by atoms with E-state index in [4.69, 9.17) is 0 Å². The van der Waals surface area contributed by atoms with Gasteiger partial charge in [0.2, 0.25) is 0 Å². The fourth-order valence-corrected chi connectivity index (χ4v) is 0.713. The van der Waals surface area contributed by atoms with Gasteiger partial charge in [-0.15, -0.1) is 0 Å². The van der Waals surface area contributed by atoms with Crippen molar-refractivity contribution in [2.24, 2.45) is 0 Å². The first kappa shape index (κ1) is 14.7. The van der Waals surface area contributed by atoms with Crippen LogP contribution in [0.15, 0.2) is 4.63 Å². The van der Waals surface area contributed by atoms with Crippen molar-refractivity contribution in [3.8, 4) is 0 Å². The molecule has 0 saturated carbocycles. The first-order valence-corrected chi connectivity index (χ1v) is 5.12. The van der Waals surface area contributed by atoms with Gasteiger partial charge in [-0.25, -0.2) is 4.63 Å². The fourth-order valence-electron chi connectivity index (χ4n) is 0.713. The van der Waals surface area contributed by atoms with Gasteiger partial charge in [0.05, 0.1) is 0 Å². The molecule has 0 N–H and O–H groups in total. The molecule has 0 fully saturated rings. The molecule has 0 spiro atoms. The van der Waals surface area contributed by atoms with Crippen molar-refractivity contribution in [2.75, 3.05) is 0 Å². The lowest BCUT2D eigenvalue weighted by Crippen LogP contribution is -1.85. The van der Waals surface area contributed by atoms with Crippen molar-refractivity contribution in [2.45, 2.75) is 54.4 Å². The average Bonchev–Trinajstić information content (AvgIpc) is 2.60. The second-order valence-corrected chi connectivity index (χ2v) is 2.05. The van der Waals surface area contributed by atoms with Crippen LogP contribution in [-0.4, -0.2) is 10.3 Å². The highest BCUT2D eigenvalue weighted by atomic mass is 16.6. The standard InChI is InChI=1S/C6H10N2O.2C2H6/c1-3-4-6-5(2)7-9-8-6;2*1-2/h3-4H2,1-2H3;2*1-2H3. The van der Waals surface area contributed by atoms with Gasteiger partial charge in [0.1, 0.15) is 11.4 Å². The quantitative estimate of drug-likeness (QED) is 0.710. The fraction of sp³-hybridized carbons (Fsp3) is 0.800. The Morgan fingerprint density at radius 3 is 1.92 bits per heavy atom. The lowest BCUT2D eigenvalue weighted by Gasteiger charge is -1.86. The van der Waals surface area contributed by atoms with Crippen molar-refractivity contribution < 1.29 is 4.63 Å². The summed E-state index contributed by atoms with van der Waals surface area (Å²) in [5.74, 6) is 0. The maximum atomic E-state index is 4.50. The Kier molecular flexibility index (Phi) is 12.6. The van der Waals surface area contributed by atoms with Gasteiger partial charge in [0, 0.05) is 0 Å². The molecule has 0 aliphatic heterocycles. The Balaban J connectivity index is 0. The van der Waals surface area contributed by atoms with E-state index in [1.807, 2.05) is 34.6 Å². The van der Waals surface area contributed by atoms with Gasteiger partial charge in [0.25, 0.3) is 0 Å². The smallest absolute Gasteiger partial charge is 0.108 e. The van der Waals surface area contributed by atoms with Crippen molar-refractivity contribution in [1.82, 2.24) is 10.3 Å². The molecule has 1 aromatic heterocycles. The topological polar surface area (TPSA) is 38.9 Å². The first-order valence-electron chi connectivity index (χ1n) is 5.12. The summed E-state index contributed by atoms with van der Waals surface area (Å²) in [7, 11) is 0. The molecule has 1 heterocycles. The molecular formula is C10H22N2O. The van der Waals surface area contributed by atoms with Gasteiger partial charge in [-0.2, -0.15) is 0 Å². The summed E-state index contributed by atoms with van der Waals surface area (Å²) in [4.78, 5) is 0. The lowest BCUT2D eigenvalue weighted by atomic mass is 10.2. The maximum absolute atomic E-state index is 4.50. The van der Waals surface area contributed by atoms with Crippen molar-refractivity contribution in [3.63, 3.8) is 0 Å². The number of aryl methyl sites for hydroxylation is 2. The van der Waals surface area contributed by atoms with Gasteiger partial charge in [-0.3, -0.25) is 0 Å². The Morgan fingerprint density at radius 2 is 1.62 bits per heavy atom.